The molecule has 0 atom stereocenters. The fraction of sp³-hybridized carbons (Fsp3) is 0.353. The smallest absolute Gasteiger partial charge is 0.250 e. The number of hydrogen-bond donors (Lipinski definition) is 0. The summed E-state index contributed by atoms with van der Waals surface area (Å²) in [4.78, 5) is 10.7. The van der Waals surface area contributed by atoms with Gasteiger partial charge in [0.25, 0.3) is 5.16 Å². The molecule has 136 valence electrons. The van der Waals surface area contributed by atoms with Gasteiger partial charge in [0, 0.05) is 32.8 Å². The van der Waals surface area contributed by atoms with Crippen LogP contribution in [0.4, 0.5) is 5.82 Å². The Morgan fingerprint density at radius 3 is 2.58 bits per heavy atom. The molecule has 0 spiro atoms. The summed E-state index contributed by atoms with van der Waals surface area (Å²) in [6.45, 7) is 1.33. The molecule has 0 saturated heterocycles. The monoisotopic (exact) mass is 373 g/mol. The van der Waals surface area contributed by atoms with E-state index in [1.54, 1.807) is 18.8 Å². The van der Waals surface area contributed by atoms with Crippen LogP contribution >= 0.6 is 0 Å². The summed E-state index contributed by atoms with van der Waals surface area (Å²) in [6, 6.07) is 7.81. The van der Waals surface area contributed by atoms with Crippen LogP contribution in [0, 0.1) is 0 Å². The van der Waals surface area contributed by atoms with Crippen molar-refractivity contribution in [3.05, 3.63) is 35.5 Å². The number of aromatic nitrogens is 4. The topological polar surface area (TPSA) is 90.2 Å². The maximum atomic E-state index is 12.0. The van der Waals surface area contributed by atoms with E-state index in [0.717, 1.165) is 35.1 Å². The molecule has 1 aliphatic rings. The van der Waals surface area contributed by atoms with Gasteiger partial charge in [0.1, 0.15) is 11.6 Å². The second-order valence-electron chi connectivity index (χ2n) is 6.39. The highest BCUT2D eigenvalue weighted by Gasteiger charge is 2.28. The Morgan fingerprint density at radius 2 is 1.92 bits per heavy atom. The summed E-state index contributed by atoms with van der Waals surface area (Å²) in [5, 5.41) is 5.15. The van der Waals surface area contributed by atoms with Crippen LogP contribution in [0.3, 0.4) is 0 Å². The lowest BCUT2D eigenvalue weighted by Crippen LogP contribution is -2.30. The maximum Gasteiger partial charge on any atom is 0.250 e. The minimum Gasteiger partial charge on any atom is -0.497 e. The zero-order valence-corrected chi connectivity index (χ0v) is 15.6. The molecule has 3 heterocycles. The molecule has 0 aliphatic carbocycles. The average molecular weight is 373 g/mol. The first-order valence-corrected chi connectivity index (χ1v) is 10.1. The van der Waals surface area contributed by atoms with Gasteiger partial charge in [0.15, 0.2) is 5.65 Å². The van der Waals surface area contributed by atoms with Gasteiger partial charge in [-0.2, -0.15) is 10.1 Å². The third kappa shape index (κ3) is 2.78. The second kappa shape index (κ2) is 5.94. The molecule has 9 heteroatoms. The van der Waals surface area contributed by atoms with Crippen LogP contribution in [-0.4, -0.2) is 48.1 Å². The highest BCUT2D eigenvalue weighted by molar-refractivity contribution is 7.90. The van der Waals surface area contributed by atoms with E-state index in [-0.39, 0.29) is 5.16 Å². The Kier molecular flexibility index (Phi) is 3.83. The van der Waals surface area contributed by atoms with Crippen molar-refractivity contribution in [3.63, 3.8) is 0 Å². The summed E-state index contributed by atoms with van der Waals surface area (Å²) < 4.78 is 30.9. The molecule has 0 saturated carbocycles. The van der Waals surface area contributed by atoms with Crippen LogP contribution in [0.25, 0.3) is 11.0 Å². The molecule has 4 rings (SSSR count). The lowest BCUT2D eigenvalue weighted by Gasteiger charge is -2.27. The lowest BCUT2D eigenvalue weighted by molar-refractivity contribution is 0.414. The molecule has 8 nitrogen and oxygen atoms in total. The van der Waals surface area contributed by atoms with E-state index in [1.807, 2.05) is 24.3 Å². The van der Waals surface area contributed by atoms with Crippen LogP contribution in [0.5, 0.6) is 5.75 Å². The van der Waals surface area contributed by atoms with E-state index in [1.165, 1.54) is 0 Å². The Labute approximate surface area is 151 Å². The van der Waals surface area contributed by atoms with Crippen LogP contribution in [-0.2, 0) is 29.9 Å². The molecule has 0 N–H and O–H groups in total. The zero-order chi connectivity index (χ0) is 18.5. The number of rotatable bonds is 4. The molecule has 1 aromatic carbocycles. The summed E-state index contributed by atoms with van der Waals surface area (Å²) >= 11 is 0. The number of nitrogens with zero attached hydrogens (tertiary/aromatic N) is 5. The van der Waals surface area contributed by atoms with Gasteiger partial charge in [-0.1, -0.05) is 12.1 Å². The third-order valence-corrected chi connectivity index (χ3v) is 5.34. The fourth-order valence-electron chi connectivity index (χ4n) is 3.21. The van der Waals surface area contributed by atoms with Gasteiger partial charge < -0.3 is 9.64 Å². The second-order valence-corrected chi connectivity index (χ2v) is 8.30. The van der Waals surface area contributed by atoms with E-state index >= 15 is 0 Å². The van der Waals surface area contributed by atoms with Crippen LogP contribution < -0.4 is 9.64 Å². The molecule has 2 aromatic heterocycles. The van der Waals surface area contributed by atoms with E-state index in [2.05, 4.69) is 20.0 Å². The normalized spacial score (nSPS) is 14.0. The van der Waals surface area contributed by atoms with Gasteiger partial charge in [0.2, 0.25) is 9.84 Å². The number of methoxy groups -OCH3 is 1. The fourth-order valence-corrected chi connectivity index (χ4v) is 3.71. The Hall–Kier alpha value is -2.68. The summed E-state index contributed by atoms with van der Waals surface area (Å²) in [5.41, 5.74) is 2.54. The number of ether oxygens (including phenoxy) is 1. The maximum absolute atomic E-state index is 12.0. The minimum absolute atomic E-state index is 0.170. The van der Waals surface area contributed by atoms with Crippen LogP contribution in [0.2, 0.25) is 0 Å². The molecular weight excluding hydrogens is 354 g/mol. The Balaban J connectivity index is 1.81. The van der Waals surface area contributed by atoms with Crippen LogP contribution in [0.1, 0.15) is 11.3 Å². The van der Waals surface area contributed by atoms with Gasteiger partial charge in [-0.25, -0.2) is 18.1 Å². The molecule has 1 aliphatic heterocycles. The molecule has 26 heavy (non-hydrogen) atoms. The quantitative estimate of drug-likeness (QED) is 0.637. The summed E-state index contributed by atoms with van der Waals surface area (Å²) in [7, 11) is -0.118. The highest BCUT2D eigenvalue weighted by Crippen LogP contribution is 2.33. The number of benzene rings is 1. The van der Waals surface area contributed by atoms with Crippen molar-refractivity contribution in [2.45, 2.75) is 18.1 Å². The predicted octanol–water partition coefficient (Wildman–Crippen LogP) is 1.34. The van der Waals surface area contributed by atoms with E-state index < -0.39 is 9.84 Å². The van der Waals surface area contributed by atoms with Gasteiger partial charge in [-0.05, 0) is 17.7 Å². The lowest BCUT2D eigenvalue weighted by atomic mass is 10.1. The Bertz CT molecular complexity index is 1090. The predicted molar refractivity (Wildman–Crippen MR) is 97.2 cm³/mol. The van der Waals surface area contributed by atoms with Crippen molar-refractivity contribution in [1.82, 2.24) is 19.7 Å². The summed E-state index contributed by atoms with van der Waals surface area (Å²) in [5.74, 6) is 1.42. The molecular formula is C17H19N5O3S. The first-order chi connectivity index (χ1) is 12.4. The number of sulfone groups is 1. The zero-order valence-electron chi connectivity index (χ0n) is 14.8. The molecule has 0 amide bonds. The van der Waals surface area contributed by atoms with Crippen molar-refractivity contribution >= 4 is 26.7 Å². The van der Waals surface area contributed by atoms with Crippen molar-refractivity contribution in [1.29, 1.82) is 0 Å². The molecule has 0 unspecified atom stereocenters. The van der Waals surface area contributed by atoms with E-state index in [4.69, 9.17) is 4.74 Å². The molecule has 0 radical (unpaired) electrons. The molecule has 0 bridgehead atoms. The average Bonchev–Trinajstić information content (AvgIpc) is 2.94. The van der Waals surface area contributed by atoms with Gasteiger partial charge in [-0.15, -0.1) is 0 Å². The van der Waals surface area contributed by atoms with Crippen molar-refractivity contribution < 1.29 is 13.2 Å². The van der Waals surface area contributed by atoms with E-state index in [9.17, 15) is 8.42 Å². The van der Waals surface area contributed by atoms with Gasteiger partial charge in [-0.3, -0.25) is 0 Å². The highest BCUT2D eigenvalue weighted by atomic mass is 32.2. The largest absolute Gasteiger partial charge is 0.497 e. The first-order valence-electron chi connectivity index (χ1n) is 8.18. The first kappa shape index (κ1) is 16.8. The van der Waals surface area contributed by atoms with Gasteiger partial charge in [0.05, 0.1) is 18.2 Å². The van der Waals surface area contributed by atoms with Crippen molar-refractivity contribution in [3.8, 4) is 5.75 Å². The number of hydrogen-bond acceptors (Lipinski definition) is 7. The molecule has 3 aromatic rings. The van der Waals surface area contributed by atoms with Gasteiger partial charge >= 0.3 is 0 Å². The SMILES string of the molecule is COc1ccc(CN2CCc3nn(C)c4nc(S(C)(=O)=O)nc2c34)cc1. The third-order valence-electron chi connectivity index (χ3n) is 4.50. The van der Waals surface area contributed by atoms with Crippen molar-refractivity contribution in [2.24, 2.45) is 7.05 Å². The van der Waals surface area contributed by atoms with Crippen LogP contribution in [0.15, 0.2) is 29.4 Å². The summed E-state index contributed by atoms with van der Waals surface area (Å²) in [6.07, 6.45) is 1.89. The Morgan fingerprint density at radius 1 is 1.19 bits per heavy atom. The standard InChI is InChI=1S/C17H19N5O3S/c1-21-15-14-13(20-21)8-9-22(10-11-4-6-12(25-2)7-5-11)16(14)19-17(18-15)26(3,23)24/h4-7H,8-10H2,1-3H3. The minimum atomic E-state index is -3.52. The molecule has 0 fully saturated rings. The number of aryl methyl sites for hydroxylation is 1. The number of anilines is 1. The van der Waals surface area contributed by atoms with E-state index in [0.29, 0.717) is 24.6 Å². The van der Waals surface area contributed by atoms with Crippen molar-refractivity contribution in [2.75, 3.05) is 24.8 Å².